The molecule has 2 amide bonds. The molecule has 0 bridgehead atoms. The normalized spacial score (nSPS) is 10.4. The number of fused-ring (bicyclic) bond motifs is 1. The maximum absolute atomic E-state index is 11.9. The molecule has 2 aromatic carbocycles. The van der Waals surface area contributed by atoms with Crippen molar-refractivity contribution in [2.45, 2.75) is 13.3 Å². The molecule has 3 aromatic rings. The van der Waals surface area contributed by atoms with Crippen molar-refractivity contribution in [1.82, 2.24) is 5.16 Å². The molecule has 0 aliphatic carbocycles. The van der Waals surface area contributed by atoms with Gasteiger partial charge in [0.05, 0.1) is 6.42 Å². The summed E-state index contributed by atoms with van der Waals surface area (Å²) in [5, 5.41) is 9.81. The summed E-state index contributed by atoms with van der Waals surface area (Å²) in [6.45, 7) is 0.994. The molecule has 138 valence electrons. The van der Waals surface area contributed by atoms with E-state index in [-0.39, 0.29) is 12.3 Å². The topological polar surface area (TPSA) is 111 Å². The highest BCUT2D eigenvalue weighted by molar-refractivity contribution is 5.94. The minimum atomic E-state index is -0.579. The second kappa shape index (κ2) is 8.13. The summed E-state index contributed by atoms with van der Waals surface area (Å²) in [7, 11) is 0. The van der Waals surface area contributed by atoms with Crippen molar-refractivity contribution in [2.24, 2.45) is 0 Å². The Hall–Kier alpha value is -3.68. The van der Waals surface area contributed by atoms with Gasteiger partial charge in [0.1, 0.15) is 5.69 Å². The number of carbonyl (C=O) groups excluding carboxylic acids is 3. The summed E-state index contributed by atoms with van der Waals surface area (Å²) >= 11 is 0. The predicted molar refractivity (Wildman–Crippen MR) is 98.0 cm³/mol. The number of nitrogens with zero attached hydrogens (tertiary/aromatic N) is 1. The first kappa shape index (κ1) is 18.1. The molecule has 8 nitrogen and oxygen atoms in total. The number of hydrogen-bond acceptors (Lipinski definition) is 6. The van der Waals surface area contributed by atoms with E-state index in [1.165, 1.54) is 6.92 Å². The Balaban J connectivity index is 1.48. The molecule has 0 saturated heterocycles. The number of amides is 2. The fourth-order valence-corrected chi connectivity index (χ4v) is 2.44. The van der Waals surface area contributed by atoms with Crippen molar-refractivity contribution in [3.05, 3.63) is 54.2 Å². The largest absolute Gasteiger partial charge is 0.455 e. The first-order chi connectivity index (χ1) is 13.0. The molecule has 0 aliphatic heterocycles. The van der Waals surface area contributed by atoms with E-state index in [1.807, 2.05) is 12.1 Å². The zero-order valence-corrected chi connectivity index (χ0v) is 14.5. The molecule has 1 heterocycles. The van der Waals surface area contributed by atoms with E-state index in [9.17, 15) is 14.4 Å². The minimum absolute atomic E-state index is 0.0876. The monoisotopic (exact) mass is 367 g/mol. The summed E-state index contributed by atoms with van der Waals surface area (Å²) in [5.74, 6) is -1.23. The van der Waals surface area contributed by atoms with E-state index in [4.69, 9.17) is 9.26 Å². The molecule has 0 aliphatic rings. The van der Waals surface area contributed by atoms with Gasteiger partial charge in [-0.1, -0.05) is 17.3 Å². The van der Waals surface area contributed by atoms with Gasteiger partial charge in [0, 0.05) is 23.7 Å². The van der Waals surface area contributed by atoms with Crippen LogP contribution in [0.25, 0.3) is 11.0 Å². The van der Waals surface area contributed by atoms with E-state index < -0.39 is 18.5 Å². The summed E-state index contributed by atoms with van der Waals surface area (Å²) < 4.78 is 10.1. The standard InChI is InChI=1S/C19H17N3O5/c1-12(23)20-13-6-8-14(9-7-13)21-18(24)11-26-19(25)10-16-15-4-2-3-5-17(15)27-22-16/h2-9H,10-11H2,1H3,(H,20,23)(H,21,24). The number of esters is 1. The predicted octanol–water partition coefficient (Wildman–Crippen LogP) is 2.51. The SMILES string of the molecule is CC(=O)Nc1ccc(NC(=O)COC(=O)Cc2noc3ccccc23)cc1. The number of ether oxygens (including phenoxy) is 1. The molecule has 0 atom stereocenters. The molecular formula is C19H17N3O5. The molecule has 1 aromatic heterocycles. The third-order valence-electron chi connectivity index (χ3n) is 3.62. The average molecular weight is 367 g/mol. The van der Waals surface area contributed by atoms with Crippen LogP contribution in [0, 0.1) is 0 Å². The Morgan fingerprint density at radius 3 is 2.37 bits per heavy atom. The van der Waals surface area contributed by atoms with Crippen LogP contribution in [0.1, 0.15) is 12.6 Å². The Labute approximate surface area is 154 Å². The van der Waals surface area contributed by atoms with E-state index in [0.717, 1.165) is 5.39 Å². The maximum atomic E-state index is 11.9. The Bertz CT molecular complexity index is 978. The fraction of sp³-hybridized carbons (Fsp3) is 0.158. The summed E-state index contributed by atoms with van der Waals surface area (Å²) in [5.41, 5.74) is 2.18. The van der Waals surface area contributed by atoms with Gasteiger partial charge in [-0.25, -0.2) is 0 Å². The smallest absolute Gasteiger partial charge is 0.312 e. The van der Waals surface area contributed by atoms with Crippen LogP contribution in [0.2, 0.25) is 0 Å². The molecule has 0 radical (unpaired) electrons. The Morgan fingerprint density at radius 1 is 1.00 bits per heavy atom. The molecule has 3 rings (SSSR count). The van der Waals surface area contributed by atoms with Crippen LogP contribution in [0.3, 0.4) is 0 Å². The van der Waals surface area contributed by atoms with E-state index in [1.54, 1.807) is 36.4 Å². The Morgan fingerprint density at radius 2 is 1.67 bits per heavy atom. The number of carbonyl (C=O) groups is 3. The maximum Gasteiger partial charge on any atom is 0.312 e. The third-order valence-corrected chi connectivity index (χ3v) is 3.62. The van der Waals surface area contributed by atoms with Crippen molar-refractivity contribution in [2.75, 3.05) is 17.2 Å². The zero-order valence-electron chi connectivity index (χ0n) is 14.5. The van der Waals surface area contributed by atoms with Crippen molar-refractivity contribution in [1.29, 1.82) is 0 Å². The van der Waals surface area contributed by atoms with Gasteiger partial charge in [0.2, 0.25) is 5.91 Å². The summed E-state index contributed by atoms with van der Waals surface area (Å²) in [4.78, 5) is 34.8. The van der Waals surface area contributed by atoms with Crippen LogP contribution in [0.15, 0.2) is 53.1 Å². The molecule has 8 heteroatoms. The van der Waals surface area contributed by atoms with Crippen molar-refractivity contribution in [3.63, 3.8) is 0 Å². The van der Waals surface area contributed by atoms with Crippen LogP contribution in [-0.4, -0.2) is 29.5 Å². The lowest BCUT2D eigenvalue weighted by atomic mass is 10.2. The summed E-state index contributed by atoms with van der Waals surface area (Å²) in [6.07, 6.45) is -0.0876. The van der Waals surface area contributed by atoms with Crippen LogP contribution < -0.4 is 10.6 Å². The molecule has 0 unspecified atom stereocenters. The number of anilines is 2. The second-order valence-electron chi connectivity index (χ2n) is 5.77. The second-order valence-corrected chi connectivity index (χ2v) is 5.77. The number of benzene rings is 2. The van der Waals surface area contributed by atoms with Crippen LogP contribution in [0.4, 0.5) is 11.4 Å². The quantitative estimate of drug-likeness (QED) is 0.648. The van der Waals surface area contributed by atoms with Crippen molar-refractivity contribution < 1.29 is 23.6 Å². The van der Waals surface area contributed by atoms with Crippen LogP contribution in [0.5, 0.6) is 0 Å². The zero-order chi connectivity index (χ0) is 19.2. The van der Waals surface area contributed by atoms with E-state index in [2.05, 4.69) is 15.8 Å². The number of aromatic nitrogens is 1. The van der Waals surface area contributed by atoms with Crippen molar-refractivity contribution in [3.8, 4) is 0 Å². The van der Waals surface area contributed by atoms with Crippen LogP contribution in [-0.2, 0) is 25.5 Å². The lowest BCUT2D eigenvalue weighted by molar-refractivity contribution is -0.146. The van der Waals surface area contributed by atoms with Gasteiger partial charge >= 0.3 is 5.97 Å². The average Bonchev–Trinajstić information content (AvgIpc) is 3.04. The van der Waals surface area contributed by atoms with Crippen LogP contribution >= 0.6 is 0 Å². The third kappa shape index (κ3) is 4.91. The number of nitrogens with one attached hydrogen (secondary N) is 2. The van der Waals surface area contributed by atoms with Crippen molar-refractivity contribution >= 4 is 40.1 Å². The molecule has 27 heavy (non-hydrogen) atoms. The van der Waals surface area contributed by atoms with Gasteiger partial charge in [-0.2, -0.15) is 0 Å². The Kier molecular flexibility index (Phi) is 5.46. The first-order valence-electron chi connectivity index (χ1n) is 8.17. The minimum Gasteiger partial charge on any atom is -0.455 e. The van der Waals surface area contributed by atoms with Gasteiger partial charge in [0.15, 0.2) is 12.2 Å². The van der Waals surface area contributed by atoms with Gasteiger partial charge in [-0.3, -0.25) is 14.4 Å². The number of hydrogen-bond donors (Lipinski definition) is 2. The molecule has 0 spiro atoms. The van der Waals surface area contributed by atoms with E-state index in [0.29, 0.717) is 22.7 Å². The lowest BCUT2D eigenvalue weighted by Gasteiger charge is -2.07. The van der Waals surface area contributed by atoms with Gasteiger partial charge < -0.3 is 19.9 Å². The summed E-state index contributed by atoms with van der Waals surface area (Å²) in [6, 6.07) is 13.7. The lowest BCUT2D eigenvalue weighted by Crippen LogP contribution is -2.21. The highest BCUT2D eigenvalue weighted by atomic mass is 16.5. The van der Waals surface area contributed by atoms with Gasteiger partial charge in [-0.15, -0.1) is 0 Å². The molecule has 2 N–H and O–H groups in total. The van der Waals surface area contributed by atoms with E-state index >= 15 is 0 Å². The molecule has 0 fully saturated rings. The first-order valence-corrected chi connectivity index (χ1v) is 8.17. The highest BCUT2D eigenvalue weighted by Crippen LogP contribution is 2.18. The highest BCUT2D eigenvalue weighted by Gasteiger charge is 2.14. The van der Waals surface area contributed by atoms with Gasteiger partial charge in [0.25, 0.3) is 5.91 Å². The molecule has 0 saturated carbocycles. The number of rotatable bonds is 6. The molecular weight excluding hydrogens is 350 g/mol. The fourth-order valence-electron chi connectivity index (χ4n) is 2.44. The number of para-hydroxylation sites is 1. The van der Waals surface area contributed by atoms with Gasteiger partial charge in [-0.05, 0) is 36.4 Å².